The first-order valence-corrected chi connectivity index (χ1v) is 7.67. The number of benzene rings is 1. The fourth-order valence-corrected chi connectivity index (χ4v) is 3.38. The van der Waals surface area contributed by atoms with Gasteiger partial charge in [0.2, 0.25) is 0 Å². The molecule has 0 fully saturated rings. The molecule has 7 heteroatoms. The molecule has 116 valence electrons. The number of esters is 1. The lowest BCUT2D eigenvalue weighted by atomic mass is 9.95. The minimum Gasteiger partial charge on any atom is -0.469 e. The Morgan fingerprint density at radius 2 is 2.27 bits per heavy atom. The van der Waals surface area contributed by atoms with Gasteiger partial charge in [-0.25, -0.2) is 4.79 Å². The van der Waals surface area contributed by atoms with Crippen molar-refractivity contribution in [2.24, 2.45) is 0 Å². The first-order chi connectivity index (χ1) is 10.5. The number of rotatable bonds is 2. The maximum absolute atomic E-state index is 11.7. The van der Waals surface area contributed by atoms with Gasteiger partial charge >= 0.3 is 12.1 Å². The summed E-state index contributed by atoms with van der Waals surface area (Å²) in [7, 11) is 1.31. The van der Waals surface area contributed by atoms with Gasteiger partial charge in [0.25, 0.3) is 0 Å². The van der Waals surface area contributed by atoms with Crippen LogP contribution in [0.3, 0.4) is 0 Å². The van der Waals surface area contributed by atoms with Crippen LogP contribution in [0.15, 0.2) is 22.7 Å². The van der Waals surface area contributed by atoms with Crippen LogP contribution >= 0.6 is 15.9 Å². The third kappa shape index (κ3) is 2.45. The Morgan fingerprint density at radius 3 is 2.95 bits per heavy atom. The maximum Gasteiger partial charge on any atom is 0.407 e. The summed E-state index contributed by atoms with van der Waals surface area (Å²) in [6.07, 6.45) is -0.404. The highest BCUT2D eigenvalue weighted by Crippen LogP contribution is 2.37. The quantitative estimate of drug-likeness (QED) is 0.800. The first kappa shape index (κ1) is 14.9. The number of hydrogen-bond donors (Lipinski definition) is 2. The third-order valence-electron chi connectivity index (χ3n) is 4.05. The van der Waals surface area contributed by atoms with Gasteiger partial charge in [0, 0.05) is 27.6 Å². The molecule has 0 saturated carbocycles. The predicted molar refractivity (Wildman–Crippen MR) is 83.8 cm³/mol. The number of amides is 1. The number of aromatic nitrogens is 1. The van der Waals surface area contributed by atoms with Crippen molar-refractivity contribution in [2.75, 3.05) is 13.7 Å². The minimum atomic E-state index is -1.03. The number of halogens is 1. The minimum absolute atomic E-state index is 0.00376. The van der Waals surface area contributed by atoms with Gasteiger partial charge in [-0.15, -0.1) is 0 Å². The van der Waals surface area contributed by atoms with Crippen molar-refractivity contribution in [2.45, 2.75) is 18.9 Å². The SMILES string of the molecule is COC(=O)CC1c2[nH]c3ccc(Br)cc3c2CCN1C(=O)O. The largest absolute Gasteiger partial charge is 0.469 e. The van der Waals surface area contributed by atoms with E-state index in [-0.39, 0.29) is 6.42 Å². The Kier molecular flexibility index (Phi) is 3.82. The molecule has 1 amide bonds. The number of nitrogens with zero attached hydrogens (tertiary/aromatic N) is 1. The van der Waals surface area contributed by atoms with Crippen molar-refractivity contribution in [1.82, 2.24) is 9.88 Å². The summed E-state index contributed by atoms with van der Waals surface area (Å²) in [6, 6.07) is 5.34. The van der Waals surface area contributed by atoms with E-state index in [2.05, 4.69) is 20.9 Å². The van der Waals surface area contributed by atoms with E-state index in [1.165, 1.54) is 12.0 Å². The van der Waals surface area contributed by atoms with Crippen LogP contribution < -0.4 is 0 Å². The van der Waals surface area contributed by atoms with Gasteiger partial charge < -0.3 is 14.8 Å². The highest BCUT2D eigenvalue weighted by atomic mass is 79.9. The zero-order valence-corrected chi connectivity index (χ0v) is 13.5. The summed E-state index contributed by atoms with van der Waals surface area (Å²) in [5, 5.41) is 10.5. The lowest BCUT2D eigenvalue weighted by molar-refractivity contribution is -0.142. The van der Waals surface area contributed by atoms with Crippen LogP contribution in [-0.2, 0) is 16.0 Å². The van der Waals surface area contributed by atoms with Crippen LogP contribution in [0.25, 0.3) is 10.9 Å². The second-order valence-electron chi connectivity index (χ2n) is 5.23. The Labute approximate surface area is 135 Å². The standard InChI is InChI=1S/C15H15BrN2O4/c1-22-13(19)7-12-14-9(4-5-18(12)15(20)21)10-6-8(16)2-3-11(10)17-14/h2-3,6,12,17H,4-5,7H2,1H3,(H,20,21). The zero-order valence-electron chi connectivity index (χ0n) is 11.9. The van der Waals surface area contributed by atoms with E-state index >= 15 is 0 Å². The van der Waals surface area contributed by atoms with E-state index in [0.29, 0.717) is 13.0 Å². The number of carbonyl (C=O) groups is 2. The van der Waals surface area contributed by atoms with Crippen molar-refractivity contribution >= 4 is 38.9 Å². The molecule has 1 aromatic heterocycles. The molecule has 22 heavy (non-hydrogen) atoms. The topological polar surface area (TPSA) is 82.6 Å². The molecule has 2 heterocycles. The summed E-state index contributed by atoms with van der Waals surface area (Å²) in [4.78, 5) is 27.7. The second-order valence-corrected chi connectivity index (χ2v) is 6.14. The first-order valence-electron chi connectivity index (χ1n) is 6.87. The van der Waals surface area contributed by atoms with Gasteiger partial charge in [-0.2, -0.15) is 0 Å². The molecular weight excluding hydrogens is 352 g/mol. The average molecular weight is 367 g/mol. The van der Waals surface area contributed by atoms with E-state index < -0.39 is 18.1 Å². The number of nitrogens with one attached hydrogen (secondary N) is 1. The van der Waals surface area contributed by atoms with Crippen LogP contribution in [0.2, 0.25) is 0 Å². The molecule has 1 aromatic carbocycles. The monoisotopic (exact) mass is 366 g/mol. The second kappa shape index (κ2) is 5.64. The summed E-state index contributed by atoms with van der Waals surface area (Å²) < 4.78 is 5.67. The van der Waals surface area contributed by atoms with E-state index in [1.807, 2.05) is 18.2 Å². The van der Waals surface area contributed by atoms with Gasteiger partial charge in [0.15, 0.2) is 0 Å². The van der Waals surface area contributed by atoms with Crippen molar-refractivity contribution in [3.63, 3.8) is 0 Å². The zero-order chi connectivity index (χ0) is 15.9. The highest BCUT2D eigenvalue weighted by Gasteiger charge is 2.35. The Morgan fingerprint density at radius 1 is 1.50 bits per heavy atom. The van der Waals surface area contributed by atoms with E-state index in [9.17, 15) is 14.7 Å². The number of fused-ring (bicyclic) bond motifs is 3. The molecule has 2 aromatic rings. The maximum atomic E-state index is 11.7. The van der Waals surface area contributed by atoms with Crippen LogP contribution in [0, 0.1) is 0 Å². The summed E-state index contributed by atoms with van der Waals surface area (Å²) >= 11 is 3.45. The molecule has 0 radical (unpaired) electrons. The number of carbonyl (C=O) groups excluding carboxylic acids is 1. The van der Waals surface area contributed by atoms with Crippen molar-refractivity contribution in [1.29, 1.82) is 0 Å². The highest BCUT2D eigenvalue weighted by molar-refractivity contribution is 9.10. The molecule has 6 nitrogen and oxygen atoms in total. The number of methoxy groups -OCH3 is 1. The molecule has 3 rings (SSSR count). The van der Waals surface area contributed by atoms with Crippen LogP contribution in [0.1, 0.15) is 23.7 Å². The van der Waals surface area contributed by atoms with Gasteiger partial charge in [-0.1, -0.05) is 15.9 Å². The molecule has 0 spiro atoms. The number of aromatic amines is 1. The number of hydrogen-bond acceptors (Lipinski definition) is 3. The van der Waals surface area contributed by atoms with E-state index in [0.717, 1.165) is 26.6 Å². The fourth-order valence-electron chi connectivity index (χ4n) is 3.02. The van der Waals surface area contributed by atoms with Gasteiger partial charge in [-0.3, -0.25) is 9.69 Å². The lowest BCUT2D eigenvalue weighted by Crippen LogP contribution is -2.40. The summed E-state index contributed by atoms with van der Waals surface area (Å²) in [6.45, 7) is 0.365. The normalized spacial score (nSPS) is 17.4. The average Bonchev–Trinajstić information content (AvgIpc) is 2.85. The number of ether oxygens (including phenoxy) is 1. The molecule has 0 aliphatic carbocycles. The molecule has 0 saturated heterocycles. The van der Waals surface area contributed by atoms with E-state index in [4.69, 9.17) is 4.74 Å². The Hall–Kier alpha value is -2.02. The van der Waals surface area contributed by atoms with Crippen LogP contribution in [0.4, 0.5) is 4.79 Å². The molecule has 1 aliphatic heterocycles. The Bertz CT molecular complexity index is 755. The molecular formula is C15H15BrN2O4. The van der Waals surface area contributed by atoms with Crippen molar-refractivity contribution in [3.05, 3.63) is 33.9 Å². The molecule has 1 unspecified atom stereocenters. The molecule has 1 atom stereocenters. The van der Waals surface area contributed by atoms with Gasteiger partial charge in [0.05, 0.1) is 19.6 Å². The lowest BCUT2D eigenvalue weighted by Gasteiger charge is -2.33. The summed E-state index contributed by atoms with van der Waals surface area (Å²) in [5.41, 5.74) is 2.80. The van der Waals surface area contributed by atoms with Crippen molar-refractivity contribution in [3.8, 4) is 0 Å². The molecule has 2 N–H and O–H groups in total. The number of H-pyrrole nitrogens is 1. The van der Waals surface area contributed by atoms with Crippen LogP contribution in [-0.4, -0.2) is 40.7 Å². The molecule has 0 bridgehead atoms. The fraction of sp³-hybridized carbons (Fsp3) is 0.333. The summed E-state index contributed by atoms with van der Waals surface area (Å²) in [5.74, 6) is -0.427. The molecule has 1 aliphatic rings. The third-order valence-corrected chi connectivity index (χ3v) is 4.54. The van der Waals surface area contributed by atoms with Crippen molar-refractivity contribution < 1.29 is 19.4 Å². The number of carboxylic acid groups (broad SMARTS) is 1. The van der Waals surface area contributed by atoms with Gasteiger partial charge in [0.1, 0.15) is 0 Å². The smallest absolute Gasteiger partial charge is 0.407 e. The van der Waals surface area contributed by atoms with Gasteiger partial charge in [-0.05, 0) is 30.2 Å². The Balaban J connectivity index is 2.11. The van der Waals surface area contributed by atoms with Crippen LogP contribution in [0.5, 0.6) is 0 Å². The predicted octanol–water partition coefficient (Wildman–Crippen LogP) is 3.07. The van der Waals surface area contributed by atoms with E-state index in [1.54, 1.807) is 0 Å².